The Morgan fingerprint density at radius 2 is 2.00 bits per heavy atom. The minimum absolute atomic E-state index is 0.0811. The fourth-order valence-corrected chi connectivity index (χ4v) is 3.17. The predicted octanol–water partition coefficient (Wildman–Crippen LogP) is 3.10. The molecule has 130 valence electrons. The molecule has 0 fully saturated rings. The van der Waals surface area contributed by atoms with E-state index in [-0.39, 0.29) is 21.6 Å². The number of aromatic nitrogens is 2. The number of ketones is 1. The number of carbonyl (C=O) groups is 1. The number of pyridine rings is 1. The van der Waals surface area contributed by atoms with Crippen molar-refractivity contribution >= 4 is 44.1 Å². The van der Waals surface area contributed by atoms with Crippen LogP contribution in [0.4, 0.5) is 14.5 Å². The summed E-state index contributed by atoms with van der Waals surface area (Å²) in [4.78, 5) is 19.3. The zero-order valence-electron chi connectivity index (χ0n) is 12.6. The van der Waals surface area contributed by atoms with Crippen molar-refractivity contribution in [3.63, 3.8) is 0 Å². The molecule has 0 amide bonds. The molecular formula is C15H10ClF2N3O3S. The van der Waals surface area contributed by atoms with Crippen LogP contribution < -0.4 is 4.72 Å². The Labute approximate surface area is 145 Å². The Hall–Kier alpha value is -2.52. The van der Waals surface area contributed by atoms with Gasteiger partial charge >= 0.3 is 0 Å². The van der Waals surface area contributed by atoms with Crippen LogP contribution in [0.1, 0.15) is 15.9 Å². The molecule has 0 saturated carbocycles. The molecule has 2 heterocycles. The molecule has 2 aromatic heterocycles. The second kappa shape index (κ2) is 6.08. The predicted molar refractivity (Wildman–Crippen MR) is 89.4 cm³/mol. The molecule has 0 aliphatic heterocycles. The number of aromatic amines is 1. The fraction of sp³-hybridized carbons (Fsp3) is 0.0667. The number of rotatable bonds is 4. The van der Waals surface area contributed by atoms with E-state index in [1.165, 1.54) is 18.5 Å². The fourth-order valence-electron chi connectivity index (χ4n) is 2.37. The maximum Gasteiger partial charge on any atom is 0.229 e. The third kappa shape index (κ3) is 3.20. The van der Waals surface area contributed by atoms with E-state index in [1.807, 2.05) is 4.72 Å². The largest absolute Gasteiger partial charge is 0.345 e. The van der Waals surface area contributed by atoms with Crippen LogP contribution >= 0.6 is 11.6 Å². The van der Waals surface area contributed by atoms with E-state index in [0.717, 1.165) is 18.4 Å². The minimum atomic E-state index is -3.81. The summed E-state index contributed by atoms with van der Waals surface area (Å²) in [5, 5.41) is 0.398. The van der Waals surface area contributed by atoms with Gasteiger partial charge in [-0.3, -0.25) is 9.52 Å². The Morgan fingerprint density at radius 1 is 1.28 bits per heavy atom. The number of nitrogens with zero attached hydrogens (tertiary/aromatic N) is 1. The summed E-state index contributed by atoms with van der Waals surface area (Å²) < 4.78 is 53.1. The Morgan fingerprint density at radius 3 is 2.68 bits per heavy atom. The number of fused-ring (bicyclic) bond motifs is 1. The van der Waals surface area contributed by atoms with Gasteiger partial charge < -0.3 is 4.98 Å². The highest BCUT2D eigenvalue weighted by molar-refractivity contribution is 7.92. The van der Waals surface area contributed by atoms with Crippen molar-refractivity contribution in [2.45, 2.75) is 0 Å². The highest BCUT2D eigenvalue weighted by Crippen LogP contribution is 2.30. The molecule has 3 aromatic rings. The van der Waals surface area contributed by atoms with Gasteiger partial charge in [-0.1, -0.05) is 11.6 Å². The summed E-state index contributed by atoms with van der Waals surface area (Å²) >= 11 is 6.04. The van der Waals surface area contributed by atoms with Crippen LogP contribution in [0.3, 0.4) is 0 Å². The van der Waals surface area contributed by atoms with E-state index in [2.05, 4.69) is 9.97 Å². The van der Waals surface area contributed by atoms with Gasteiger partial charge in [0.2, 0.25) is 15.8 Å². The first-order valence-electron chi connectivity index (χ1n) is 6.81. The number of anilines is 1. The number of carbonyl (C=O) groups excluding carboxylic acids is 1. The summed E-state index contributed by atoms with van der Waals surface area (Å²) in [6, 6.07) is 3.13. The highest BCUT2D eigenvalue weighted by atomic mass is 35.5. The van der Waals surface area contributed by atoms with E-state index < -0.39 is 38.7 Å². The van der Waals surface area contributed by atoms with Crippen LogP contribution in [0.2, 0.25) is 5.02 Å². The van der Waals surface area contributed by atoms with E-state index in [4.69, 9.17) is 11.6 Å². The van der Waals surface area contributed by atoms with Crippen LogP contribution in [0, 0.1) is 11.6 Å². The summed E-state index contributed by atoms with van der Waals surface area (Å²) in [5.74, 6) is -3.44. The normalized spacial score (nSPS) is 11.7. The standard InChI is InChI=1S/C15H10ClF2N3O3S/c1-25(23,24)21-10-3-2-9(17)12(13(10)18)14(22)7-6-20-15-11(7)8(16)4-5-19-15/h2-6,21H,1H3,(H,19,20). The lowest BCUT2D eigenvalue weighted by molar-refractivity contribution is 0.103. The van der Waals surface area contributed by atoms with Gasteiger partial charge in [-0.25, -0.2) is 22.2 Å². The molecule has 10 heteroatoms. The minimum Gasteiger partial charge on any atom is -0.345 e. The van der Waals surface area contributed by atoms with Crippen LogP contribution in [0.15, 0.2) is 30.6 Å². The summed E-state index contributed by atoms with van der Waals surface area (Å²) in [5.41, 5.74) is -1.23. The number of nitrogens with one attached hydrogen (secondary N) is 2. The number of halogens is 3. The lowest BCUT2D eigenvalue weighted by Gasteiger charge is -2.10. The number of H-pyrrole nitrogens is 1. The van der Waals surface area contributed by atoms with Gasteiger partial charge in [0.05, 0.1) is 28.1 Å². The Balaban J connectivity index is 2.18. The van der Waals surface area contributed by atoms with Gasteiger partial charge in [0.1, 0.15) is 11.5 Å². The second-order valence-electron chi connectivity index (χ2n) is 5.21. The molecule has 0 atom stereocenters. The van der Waals surface area contributed by atoms with E-state index in [1.54, 1.807) is 0 Å². The quantitative estimate of drug-likeness (QED) is 0.675. The lowest BCUT2D eigenvalue weighted by Crippen LogP contribution is -2.14. The Kier molecular flexibility index (Phi) is 4.21. The average molecular weight is 386 g/mol. The van der Waals surface area contributed by atoms with Gasteiger partial charge in [0.25, 0.3) is 0 Å². The number of sulfonamides is 1. The SMILES string of the molecule is CS(=O)(=O)Nc1ccc(F)c(C(=O)c2c[nH]c3nccc(Cl)c23)c1F. The third-order valence-corrected chi connectivity index (χ3v) is 4.29. The summed E-state index contributed by atoms with van der Waals surface area (Å²) in [6.07, 6.45) is 3.46. The highest BCUT2D eigenvalue weighted by Gasteiger charge is 2.25. The molecule has 6 nitrogen and oxygen atoms in total. The molecular weight excluding hydrogens is 376 g/mol. The van der Waals surface area contributed by atoms with Gasteiger partial charge in [0.15, 0.2) is 5.82 Å². The van der Waals surface area contributed by atoms with Crippen molar-refractivity contribution in [1.29, 1.82) is 0 Å². The van der Waals surface area contributed by atoms with Gasteiger partial charge in [-0.2, -0.15) is 0 Å². The smallest absolute Gasteiger partial charge is 0.229 e. The van der Waals surface area contributed by atoms with Crippen molar-refractivity contribution in [2.75, 3.05) is 11.0 Å². The Bertz CT molecular complexity index is 1110. The first kappa shape index (κ1) is 17.3. The average Bonchev–Trinajstić information content (AvgIpc) is 2.94. The van der Waals surface area contributed by atoms with E-state index in [9.17, 15) is 22.0 Å². The van der Waals surface area contributed by atoms with Crippen LogP contribution in [0.5, 0.6) is 0 Å². The molecule has 25 heavy (non-hydrogen) atoms. The zero-order valence-corrected chi connectivity index (χ0v) is 14.2. The first-order chi connectivity index (χ1) is 11.7. The van der Waals surface area contributed by atoms with Crippen molar-refractivity contribution in [1.82, 2.24) is 9.97 Å². The topological polar surface area (TPSA) is 91.9 Å². The van der Waals surface area contributed by atoms with Gasteiger partial charge in [0, 0.05) is 17.8 Å². The molecule has 0 spiro atoms. The molecule has 0 aliphatic rings. The molecule has 0 radical (unpaired) electrons. The van der Waals surface area contributed by atoms with Crippen molar-refractivity contribution < 1.29 is 22.0 Å². The molecule has 0 saturated heterocycles. The first-order valence-corrected chi connectivity index (χ1v) is 9.08. The van der Waals surface area contributed by atoms with Crippen molar-refractivity contribution in [3.8, 4) is 0 Å². The van der Waals surface area contributed by atoms with Crippen molar-refractivity contribution in [3.05, 3.63) is 58.4 Å². The van der Waals surface area contributed by atoms with Gasteiger partial charge in [-0.05, 0) is 18.2 Å². The molecule has 2 N–H and O–H groups in total. The maximum atomic E-state index is 14.6. The second-order valence-corrected chi connectivity index (χ2v) is 7.36. The maximum absolute atomic E-state index is 14.6. The van der Waals surface area contributed by atoms with Crippen molar-refractivity contribution in [2.24, 2.45) is 0 Å². The molecule has 1 aromatic carbocycles. The summed E-state index contributed by atoms with van der Waals surface area (Å²) in [7, 11) is -3.81. The van der Waals surface area contributed by atoms with Crippen LogP contribution in [-0.4, -0.2) is 30.4 Å². The molecule has 0 aliphatic carbocycles. The number of hydrogen-bond donors (Lipinski definition) is 2. The van der Waals surface area contributed by atoms with Crippen LogP contribution in [0.25, 0.3) is 11.0 Å². The zero-order chi connectivity index (χ0) is 18.4. The molecule has 3 rings (SSSR count). The molecule has 0 bridgehead atoms. The van der Waals surface area contributed by atoms with E-state index >= 15 is 0 Å². The van der Waals surface area contributed by atoms with Gasteiger partial charge in [-0.15, -0.1) is 0 Å². The molecule has 0 unspecified atom stereocenters. The van der Waals surface area contributed by atoms with E-state index in [0.29, 0.717) is 0 Å². The van der Waals surface area contributed by atoms with Crippen LogP contribution in [-0.2, 0) is 10.0 Å². The third-order valence-electron chi connectivity index (χ3n) is 3.38. The number of hydrogen-bond acceptors (Lipinski definition) is 4. The monoisotopic (exact) mass is 385 g/mol. The summed E-state index contributed by atoms with van der Waals surface area (Å²) in [6.45, 7) is 0. The number of benzene rings is 1. The lowest BCUT2D eigenvalue weighted by atomic mass is 10.0.